The van der Waals surface area contributed by atoms with Crippen LogP contribution in [0.4, 0.5) is 0 Å². The molecule has 1 unspecified atom stereocenters. The molecule has 1 amide bonds. The van der Waals surface area contributed by atoms with E-state index in [-0.39, 0.29) is 11.9 Å². The van der Waals surface area contributed by atoms with E-state index in [9.17, 15) is 4.79 Å². The normalized spacial score (nSPS) is 12.1. The minimum absolute atomic E-state index is 0.0615. The van der Waals surface area contributed by atoms with Crippen molar-refractivity contribution < 1.29 is 9.53 Å². The summed E-state index contributed by atoms with van der Waals surface area (Å²) in [6.45, 7) is 0.506. The van der Waals surface area contributed by atoms with Crippen LogP contribution in [-0.4, -0.2) is 48.1 Å². The molecule has 1 heterocycles. The van der Waals surface area contributed by atoms with E-state index in [1.54, 1.807) is 13.4 Å². The molecule has 0 saturated heterocycles. The quantitative estimate of drug-likeness (QED) is 0.495. The van der Waals surface area contributed by atoms with Crippen molar-refractivity contribution in [3.8, 4) is 11.4 Å². The average Bonchev–Trinajstić information content (AvgIpc) is 3.23. The lowest BCUT2D eigenvalue weighted by molar-refractivity contribution is 0.0942. The number of para-hydroxylation sites is 2. The topological polar surface area (TPSA) is 59.4 Å². The Kier molecular flexibility index (Phi) is 6.00. The molecule has 31 heavy (non-hydrogen) atoms. The summed E-state index contributed by atoms with van der Waals surface area (Å²) in [6.07, 6.45) is 1.80. The number of imidazole rings is 1. The first-order valence-corrected chi connectivity index (χ1v) is 10.2. The second-order valence-electron chi connectivity index (χ2n) is 7.61. The largest absolute Gasteiger partial charge is 0.497 e. The van der Waals surface area contributed by atoms with Gasteiger partial charge in [0.2, 0.25) is 0 Å². The number of rotatable bonds is 7. The predicted molar refractivity (Wildman–Crippen MR) is 123 cm³/mol. The third kappa shape index (κ3) is 4.44. The number of hydrogen-bond acceptors (Lipinski definition) is 4. The highest BCUT2D eigenvalue weighted by Crippen LogP contribution is 2.21. The number of fused-ring (bicyclic) bond motifs is 1. The number of nitrogens with zero attached hydrogens (tertiary/aromatic N) is 3. The van der Waals surface area contributed by atoms with Gasteiger partial charge in [-0.25, -0.2) is 4.98 Å². The van der Waals surface area contributed by atoms with Gasteiger partial charge >= 0.3 is 0 Å². The maximum atomic E-state index is 12.7. The third-order valence-corrected chi connectivity index (χ3v) is 5.44. The van der Waals surface area contributed by atoms with E-state index in [0.29, 0.717) is 12.1 Å². The van der Waals surface area contributed by atoms with Crippen molar-refractivity contribution in [1.82, 2.24) is 19.8 Å². The van der Waals surface area contributed by atoms with Gasteiger partial charge in [-0.1, -0.05) is 24.3 Å². The van der Waals surface area contributed by atoms with Crippen LogP contribution in [0.1, 0.15) is 22.0 Å². The standard InChI is InChI=1S/C25H26N4O2/c1-28(2)24(18-10-14-21(31-3)15-11-18)16-26-25(30)19-8-12-20(13-9-19)29-17-27-22-6-4-5-7-23(22)29/h4-15,17,24H,16H2,1-3H3,(H,26,30). The second kappa shape index (κ2) is 9.02. The molecule has 158 valence electrons. The highest BCUT2D eigenvalue weighted by molar-refractivity contribution is 5.94. The maximum absolute atomic E-state index is 12.7. The number of amides is 1. The number of ether oxygens (including phenoxy) is 1. The number of aromatic nitrogens is 2. The SMILES string of the molecule is COc1ccc(C(CNC(=O)c2ccc(-n3cnc4ccccc43)cc2)N(C)C)cc1. The first kappa shape index (κ1) is 20.6. The number of carbonyl (C=O) groups is 1. The summed E-state index contributed by atoms with van der Waals surface area (Å²) in [6, 6.07) is 23.5. The summed E-state index contributed by atoms with van der Waals surface area (Å²) >= 11 is 0. The molecule has 4 aromatic rings. The van der Waals surface area contributed by atoms with Crippen LogP contribution in [0.15, 0.2) is 79.1 Å². The molecule has 1 atom stereocenters. The van der Waals surface area contributed by atoms with Crippen LogP contribution in [0.3, 0.4) is 0 Å². The number of hydrogen-bond donors (Lipinski definition) is 1. The van der Waals surface area contributed by atoms with Crippen molar-refractivity contribution in [2.24, 2.45) is 0 Å². The summed E-state index contributed by atoms with van der Waals surface area (Å²) in [5, 5.41) is 3.06. The van der Waals surface area contributed by atoms with E-state index in [0.717, 1.165) is 28.0 Å². The summed E-state index contributed by atoms with van der Waals surface area (Å²) in [4.78, 5) is 19.3. The lowest BCUT2D eigenvalue weighted by Gasteiger charge is -2.25. The lowest BCUT2D eigenvalue weighted by atomic mass is 10.1. The summed E-state index contributed by atoms with van der Waals surface area (Å²) in [5.41, 5.74) is 4.69. The summed E-state index contributed by atoms with van der Waals surface area (Å²) < 4.78 is 7.25. The van der Waals surface area contributed by atoms with Crippen molar-refractivity contribution in [1.29, 1.82) is 0 Å². The molecule has 0 saturated carbocycles. The Morgan fingerprint density at radius 3 is 2.42 bits per heavy atom. The smallest absolute Gasteiger partial charge is 0.251 e. The van der Waals surface area contributed by atoms with Crippen molar-refractivity contribution in [2.45, 2.75) is 6.04 Å². The van der Waals surface area contributed by atoms with Crippen molar-refractivity contribution in [3.05, 3.63) is 90.3 Å². The van der Waals surface area contributed by atoms with Gasteiger partial charge < -0.3 is 15.0 Å². The third-order valence-electron chi connectivity index (χ3n) is 5.44. The average molecular weight is 415 g/mol. The van der Waals surface area contributed by atoms with E-state index in [4.69, 9.17) is 4.74 Å². The van der Waals surface area contributed by atoms with E-state index < -0.39 is 0 Å². The van der Waals surface area contributed by atoms with E-state index in [1.165, 1.54) is 0 Å². The Hall–Kier alpha value is -3.64. The zero-order valence-electron chi connectivity index (χ0n) is 17.9. The predicted octanol–water partition coefficient (Wildman–Crippen LogP) is 4.07. The van der Waals surface area contributed by atoms with Crippen LogP contribution < -0.4 is 10.1 Å². The number of nitrogens with one attached hydrogen (secondary N) is 1. The number of benzene rings is 3. The lowest BCUT2D eigenvalue weighted by Crippen LogP contribution is -2.34. The van der Waals surface area contributed by atoms with Gasteiger partial charge in [-0.05, 0) is 68.2 Å². The molecule has 6 heteroatoms. The molecule has 0 spiro atoms. The van der Waals surface area contributed by atoms with Crippen LogP contribution in [0.5, 0.6) is 5.75 Å². The van der Waals surface area contributed by atoms with Gasteiger partial charge in [0.25, 0.3) is 5.91 Å². The van der Waals surface area contributed by atoms with Crippen molar-refractivity contribution >= 4 is 16.9 Å². The van der Waals surface area contributed by atoms with Gasteiger partial charge in [0.1, 0.15) is 12.1 Å². The highest BCUT2D eigenvalue weighted by atomic mass is 16.5. The van der Waals surface area contributed by atoms with Crippen LogP contribution in [0.25, 0.3) is 16.7 Å². The minimum Gasteiger partial charge on any atom is -0.497 e. The van der Waals surface area contributed by atoms with Crippen molar-refractivity contribution in [3.63, 3.8) is 0 Å². The zero-order chi connectivity index (χ0) is 21.8. The van der Waals surface area contributed by atoms with Gasteiger partial charge in [0, 0.05) is 17.8 Å². The van der Waals surface area contributed by atoms with Crippen LogP contribution in [0.2, 0.25) is 0 Å². The fraction of sp³-hybridized carbons (Fsp3) is 0.200. The number of carbonyl (C=O) groups excluding carboxylic acids is 1. The van der Waals surface area contributed by atoms with Crippen molar-refractivity contribution in [2.75, 3.05) is 27.7 Å². The molecule has 0 aliphatic rings. The monoisotopic (exact) mass is 414 g/mol. The van der Waals surface area contributed by atoms with Crippen LogP contribution in [0, 0.1) is 0 Å². The molecule has 0 aliphatic carbocycles. The molecule has 3 aromatic carbocycles. The summed E-state index contributed by atoms with van der Waals surface area (Å²) in [5.74, 6) is 0.721. The van der Waals surface area contributed by atoms with Crippen LogP contribution >= 0.6 is 0 Å². The Labute approximate surface area is 182 Å². The Morgan fingerprint density at radius 2 is 1.74 bits per heavy atom. The van der Waals surface area contributed by atoms with Gasteiger partial charge in [-0.3, -0.25) is 9.36 Å². The number of methoxy groups -OCH3 is 1. The molecule has 1 aromatic heterocycles. The van der Waals surface area contributed by atoms with Gasteiger partial charge in [-0.15, -0.1) is 0 Å². The highest BCUT2D eigenvalue weighted by Gasteiger charge is 2.16. The molecule has 1 N–H and O–H groups in total. The zero-order valence-corrected chi connectivity index (χ0v) is 17.9. The van der Waals surface area contributed by atoms with E-state index in [2.05, 4.69) is 15.2 Å². The van der Waals surface area contributed by atoms with E-state index >= 15 is 0 Å². The Bertz CT molecular complexity index is 1160. The van der Waals surface area contributed by atoms with Gasteiger partial charge in [-0.2, -0.15) is 0 Å². The second-order valence-corrected chi connectivity index (χ2v) is 7.61. The minimum atomic E-state index is -0.0950. The molecular formula is C25H26N4O2. The molecule has 4 rings (SSSR count). The van der Waals surface area contributed by atoms with Gasteiger partial charge in [0.05, 0.1) is 24.2 Å². The fourth-order valence-electron chi connectivity index (χ4n) is 3.65. The Morgan fingerprint density at radius 1 is 1.03 bits per heavy atom. The fourth-order valence-corrected chi connectivity index (χ4v) is 3.65. The molecule has 0 bridgehead atoms. The molecule has 0 radical (unpaired) electrons. The maximum Gasteiger partial charge on any atom is 0.251 e. The Balaban J connectivity index is 1.45. The first-order chi connectivity index (χ1) is 15.1. The van der Waals surface area contributed by atoms with Gasteiger partial charge in [0.15, 0.2) is 0 Å². The summed E-state index contributed by atoms with van der Waals surface area (Å²) in [7, 11) is 5.66. The molecular weight excluding hydrogens is 388 g/mol. The molecule has 0 fully saturated rings. The van der Waals surface area contributed by atoms with E-state index in [1.807, 2.05) is 91.5 Å². The number of likely N-dealkylation sites (N-methyl/N-ethyl adjacent to an activating group) is 1. The molecule has 6 nitrogen and oxygen atoms in total. The molecule has 0 aliphatic heterocycles. The van der Waals surface area contributed by atoms with Crippen LogP contribution in [-0.2, 0) is 0 Å². The first-order valence-electron chi connectivity index (χ1n) is 10.2.